The first-order valence-electron chi connectivity index (χ1n) is 14.1. The van der Waals surface area contributed by atoms with Gasteiger partial charge in [0.15, 0.2) is 0 Å². The minimum absolute atomic E-state index is 0.0881. The molecule has 0 saturated heterocycles. The molecule has 4 rings (SSSR count). The Morgan fingerprint density at radius 2 is 1.84 bits per heavy atom. The average molecular weight is 441 g/mol. The van der Waals surface area contributed by atoms with Gasteiger partial charge < -0.3 is 5.11 Å². The normalized spacial score (nSPS) is 44.0. The first-order valence-corrected chi connectivity index (χ1v) is 14.1. The number of aliphatic hydroxyl groups excluding tert-OH is 1. The van der Waals surface area contributed by atoms with Crippen LogP contribution in [0.4, 0.5) is 0 Å². The highest BCUT2D eigenvalue weighted by molar-refractivity contribution is 5.25. The van der Waals surface area contributed by atoms with Crippen LogP contribution in [0.5, 0.6) is 0 Å². The van der Waals surface area contributed by atoms with E-state index in [2.05, 4.69) is 54.2 Å². The molecule has 0 bridgehead atoms. The molecule has 0 aromatic carbocycles. The summed E-state index contributed by atoms with van der Waals surface area (Å²) in [6, 6.07) is 0. The molecule has 1 N–H and O–H groups in total. The van der Waals surface area contributed by atoms with Crippen molar-refractivity contribution in [3.8, 4) is 0 Å². The van der Waals surface area contributed by atoms with E-state index in [0.29, 0.717) is 16.7 Å². The predicted molar refractivity (Wildman–Crippen MR) is 137 cm³/mol. The lowest BCUT2D eigenvalue weighted by Gasteiger charge is -2.58. The van der Waals surface area contributed by atoms with Crippen LogP contribution >= 0.6 is 0 Å². The first-order chi connectivity index (χ1) is 15.1. The Morgan fingerprint density at radius 3 is 2.53 bits per heavy atom. The molecule has 0 aliphatic heterocycles. The molecule has 0 heterocycles. The van der Waals surface area contributed by atoms with Crippen molar-refractivity contribution in [2.24, 2.45) is 52.3 Å². The number of hydrogen-bond acceptors (Lipinski definition) is 1. The molecule has 0 amide bonds. The number of allylic oxidation sites excluding steroid dienone is 2. The van der Waals surface area contributed by atoms with Crippen LogP contribution in [0.1, 0.15) is 112 Å². The summed E-state index contributed by atoms with van der Waals surface area (Å²) in [7, 11) is 0. The van der Waals surface area contributed by atoms with Gasteiger partial charge >= 0.3 is 0 Å². The van der Waals surface area contributed by atoms with E-state index in [9.17, 15) is 5.11 Å². The Morgan fingerprint density at radius 1 is 1.09 bits per heavy atom. The van der Waals surface area contributed by atoms with Crippen LogP contribution in [0.2, 0.25) is 0 Å². The summed E-state index contributed by atoms with van der Waals surface area (Å²) in [5, 5.41) is 10.3. The van der Waals surface area contributed by atoms with E-state index in [1.165, 1.54) is 63.4 Å². The van der Waals surface area contributed by atoms with Crippen molar-refractivity contribution in [2.45, 2.75) is 118 Å². The van der Waals surface area contributed by atoms with Crippen LogP contribution in [0.3, 0.4) is 0 Å². The SMILES string of the molecule is C=C(C)C(CCC(C)C1CCC2C3CC=C4CC(O)CCC4(C)C3CCC12C)C(C)CC. The number of aliphatic hydroxyl groups is 1. The Hall–Kier alpha value is -0.560. The molecule has 3 saturated carbocycles. The lowest BCUT2D eigenvalue weighted by molar-refractivity contribution is -0.0574. The Bertz CT molecular complexity index is 720. The van der Waals surface area contributed by atoms with Crippen LogP contribution in [-0.2, 0) is 0 Å². The Balaban J connectivity index is 1.46. The van der Waals surface area contributed by atoms with E-state index < -0.39 is 0 Å². The molecule has 3 fully saturated rings. The average Bonchev–Trinajstić information content (AvgIpc) is 3.11. The molecule has 0 radical (unpaired) electrons. The monoisotopic (exact) mass is 440 g/mol. The maximum atomic E-state index is 10.3. The third-order valence-electron chi connectivity index (χ3n) is 11.7. The van der Waals surface area contributed by atoms with Gasteiger partial charge in [0.05, 0.1) is 6.10 Å². The summed E-state index contributed by atoms with van der Waals surface area (Å²) in [5.74, 6) is 5.87. The molecular formula is C31H52O. The lowest BCUT2D eigenvalue weighted by atomic mass is 9.47. The fraction of sp³-hybridized carbons (Fsp3) is 0.871. The van der Waals surface area contributed by atoms with Gasteiger partial charge in [-0.1, -0.05) is 64.8 Å². The Kier molecular flexibility index (Phi) is 7.09. The third-order valence-corrected chi connectivity index (χ3v) is 11.7. The maximum Gasteiger partial charge on any atom is 0.0577 e. The summed E-state index contributed by atoms with van der Waals surface area (Å²) >= 11 is 0. The molecule has 1 nitrogen and oxygen atoms in total. The van der Waals surface area contributed by atoms with Gasteiger partial charge in [-0.2, -0.15) is 0 Å². The molecule has 1 heteroatoms. The van der Waals surface area contributed by atoms with Gasteiger partial charge in [-0.15, -0.1) is 0 Å². The molecule has 0 spiro atoms. The fourth-order valence-electron chi connectivity index (χ4n) is 9.56. The van der Waals surface area contributed by atoms with Crippen molar-refractivity contribution >= 4 is 0 Å². The highest BCUT2D eigenvalue weighted by Gasteiger charge is 2.59. The van der Waals surface area contributed by atoms with E-state index in [4.69, 9.17) is 0 Å². The molecule has 0 aromatic rings. The molecule has 0 aromatic heterocycles. The number of hydrogen-bond donors (Lipinski definition) is 1. The minimum Gasteiger partial charge on any atom is -0.393 e. The number of rotatable bonds is 7. The van der Waals surface area contributed by atoms with Gasteiger partial charge in [0, 0.05) is 0 Å². The zero-order valence-electron chi connectivity index (χ0n) is 22.1. The summed E-state index contributed by atoms with van der Waals surface area (Å²) < 4.78 is 0. The Labute approximate surface area is 199 Å². The molecule has 4 aliphatic rings. The van der Waals surface area contributed by atoms with Gasteiger partial charge in [0.2, 0.25) is 0 Å². The highest BCUT2D eigenvalue weighted by Crippen LogP contribution is 2.67. The van der Waals surface area contributed by atoms with Crippen molar-refractivity contribution in [1.29, 1.82) is 0 Å². The molecular weight excluding hydrogens is 388 g/mol. The van der Waals surface area contributed by atoms with Gasteiger partial charge in [-0.25, -0.2) is 0 Å². The third kappa shape index (κ3) is 4.08. The zero-order chi connectivity index (χ0) is 23.3. The largest absolute Gasteiger partial charge is 0.393 e. The van der Waals surface area contributed by atoms with Crippen molar-refractivity contribution in [3.05, 3.63) is 23.8 Å². The quantitative estimate of drug-likeness (QED) is 0.393. The van der Waals surface area contributed by atoms with E-state index in [-0.39, 0.29) is 6.10 Å². The lowest BCUT2D eigenvalue weighted by Crippen LogP contribution is -2.50. The topological polar surface area (TPSA) is 20.2 Å². The number of fused-ring (bicyclic) bond motifs is 5. The van der Waals surface area contributed by atoms with Gasteiger partial charge in [-0.3, -0.25) is 0 Å². The van der Waals surface area contributed by atoms with Crippen molar-refractivity contribution in [1.82, 2.24) is 0 Å². The second kappa shape index (κ2) is 9.24. The summed E-state index contributed by atoms with van der Waals surface area (Å²) in [6.45, 7) is 19.2. The van der Waals surface area contributed by atoms with Crippen LogP contribution in [0.15, 0.2) is 23.8 Å². The molecule has 4 aliphatic carbocycles. The highest BCUT2D eigenvalue weighted by atomic mass is 16.3. The van der Waals surface area contributed by atoms with Gasteiger partial charge in [-0.05, 0) is 123 Å². The maximum absolute atomic E-state index is 10.3. The standard InChI is InChI=1S/C31H52O/c1-8-21(4)25(20(2)3)11-9-22(5)27-13-14-28-26-12-10-23-19-24(32)15-17-30(23,6)29(26)16-18-31(27,28)7/h10,21-22,24-29,32H,2,8-9,11-19H2,1,3-7H3. The van der Waals surface area contributed by atoms with E-state index in [0.717, 1.165) is 48.3 Å². The van der Waals surface area contributed by atoms with Crippen molar-refractivity contribution in [2.75, 3.05) is 0 Å². The van der Waals surface area contributed by atoms with Gasteiger partial charge in [0.1, 0.15) is 0 Å². The van der Waals surface area contributed by atoms with Gasteiger partial charge in [0.25, 0.3) is 0 Å². The summed E-state index contributed by atoms with van der Waals surface area (Å²) in [5.41, 5.74) is 3.93. The summed E-state index contributed by atoms with van der Waals surface area (Å²) in [6.07, 6.45) is 16.7. The molecule has 10 atom stereocenters. The molecule has 32 heavy (non-hydrogen) atoms. The fourth-order valence-corrected chi connectivity index (χ4v) is 9.56. The van der Waals surface area contributed by atoms with Crippen molar-refractivity contribution in [3.63, 3.8) is 0 Å². The zero-order valence-corrected chi connectivity index (χ0v) is 22.1. The summed E-state index contributed by atoms with van der Waals surface area (Å²) in [4.78, 5) is 0. The predicted octanol–water partition coefficient (Wildman–Crippen LogP) is 8.58. The van der Waals surface area contributed by atoms with Crippen LogP contribution in [-0.4, -0.2) is 11.2 Å². The molecule has 182 valence electrons. The van der Waals surface area contributed by atoms with Crippen molar-refractivity contribution < 1.29 is 5.11 Å². The molecule has 10 unspecified atom stereocenters. The second-order valence-electron chi connectivity index (χ2n) is 13.3. The van der Waals surface area contributed by atoms with E-state index in [1.807, 2.05) is 0 Å². The minimum atomic E-state index is -0.0881. The van der Waals surface area contributed by atoms with Crippen LogP contribution < -0.4 is 0 Å². The van der Waals surface area contributed by atoms with E-state index in [1.54, 1.807) is 5.57 Å². The second-order valence-corrected chi connectivity index (χ2v) is 13.3. The first kappa shape index (κ1) is 24.6. The smallest absolute Gasteiger partial charge is 0.0577 e. The van der Waals surface area contributed by atoms with E-state index >= 15 is 0 Å². The van der Waals surface area contributed by atoms with Crippen LogP contribution in [0, 0.1) is 52.3 Å². The van der Waals surface area contributed by atoms with Crippen LogP contribution in [0.25, 0.3) is 0 Å².